The van der Waals surface area contributed by atoms with Crippen LogP contribution in [0, 0.1) is 5.82 Å². The third-order valence-corrected chi connectivity index (χ3v) is 2.87. The van der Waals surface area contributed by atoms with Crippen molar-refractivity contribution in [3.05, 3.63) is 59.7 Å². The molecule has 0 spiro atoms. The van der Waals surface area contributed by atoms with E-state index in [4.69, 9.17) is 4.74 Å². The van der Waals surface area contributed by atoms with Crippen LogP contribution >= 0.6 is 0 Å². The van der Waals surface area contributed by atoms with Gasteiger partial charge in [0.2, 0.25) is 0 Å². The molecule has 0 aliphatic rings. The molecule has 4 heteroatoms. The average Bonchev–Trinajstić information content (AvgIpc) is 2.47. The summed E-state index contributed by atoms with van der Waals surface area (Å²) in [6.07, 6.45) is 3.89. The Morgan fingerprint density at radius 1 is 1.25 bits per heavy atom. The van der Waals surface area contributed by atoms with E-state index in [-0.39, 0.29) is 5.82 Å². The Morgan fingerprint density at radius 2 is 2.10 bits per heavy atom. The van der Waals surface area contributed by atoms with E-state index >= 15 is 0 Å². The van der Waals surface area contributed by atoms with E-state index < -0.39 is 0 Å². The first-order valence-corrected chi connectivity index (χ1v) is 6.80. The molecule has 0 radical (unpaired) electrons. The van der Waals surface area contributed by atoms with Crippen molar-refractivity contribution in [1.29, 1.82) is 0 Å². The van der Waals surface area contributed by atoms with Gasteiger partial charge in [-0.25, -0.2) is 4.39 Å². The monoisotopic (exact) mass is 274 g/mol. The summed E-state index contributed by atoms with van der Waals surface area (Å²) in [6.45, 7) is 4.19. The van der Waals surface area contributed by atoms with Gasteiger partial charge in [-0.05, 0) is 25.1 Å². The summed E-state index contributed by atoms with van der Waals surface area (Å²) in [6, 6.07) is 9.31. The highest BCUT2D eigenvalue weighted by Gasteiger charge is 2.03. The molecule has 106 valence electrons. The topological polar surface area (TPSA) is 34.1 Å². The van der Waals surface area contributed by atoms with Crippen molar-refractivity contribution >= 4 is 0 Å². The first-order chi connectivity index (χ1) is 9.79. The smallest absolute Gasteiger partial charge is 0.141 e. The number of pyridine rings is 1. The molecule has 3 nitrogen and oxygen atoms in total. The molecule has 2 aromatic rings. The maximum absolute atomic E-state index is 13.0. The normalized spacial score (nSPS) is 10.5. The van der Waals surface area contributed by atoms with Crippen molar-refractivity contribution in [2.24, 2.45) is 0 Å². The second-order valence-corrected chi connectivity index (χ2v) is 4.58. The lowest BCUT2D eigenvalue weighted by Gasteiger charge is -2.12. The summed E-state index contributed by atoms with van der Waals surface area (Å²) in [4.78, 5) is 3.81. The minimum atomic E-state index is -0.344. The summed E-state index contributed by atoms with van der Waals surface area (Å²) in [7, 11) is 0. The number of para-hydroxylation sites is 1. The van der Waals surface area contributed by atoms with Gasteiger partial charge in [0.1, 0.15) is 18.2 Å². The number of rotatable bonds is 7. The van der Waals surface area contributed by atoms with E-state index in [1.54, 1.807) is 6.20 Å². The van der Waals surface area contributed by atoms with Gasteiger partial charge in [0.15, 0.2) is 0 Å². The fraction of sp³-hybridized carbons (Fsp3) is 0.312. The van der Waals surface area contributed by atoms with Gasteiger partial charge < -0.3 is 10.1 Å². The summed E-state index contributed by atoms with van der Waals surface area (Å²) in [5.74, 6) is 0.476. The molecular formula is C16H19FN2O. The number of halogens is 1. The van der Waals surface area contributed by atoms with E-state index in [1.807, 2.05) is 24.3 Å². The Morgan fingerprint density at radius 3 is 2.90 bits per heavy atom. The first-order valence-electron chi connectivity index (χ1n) is 6.80. The van der Waals surface area contributed by atoms with Crippen LogP contribution in [0.25, 0.3) is 0 Å². The van der Waals surface area contributed by atoms with Crippen molar-refractivity contribution < 1.29 is 9.13 Å². The molecule has 0 fully saturated rings. The predicted octanol–water partition coefficient (Wildman–Crippen LogP) is 3.30. The third-order valence-electron chi connectivity index (χ3n) is 2.87. The van der Waals surface area contributed by atoms with Gasteiger partial charge in [0, 0.05) is 23.9 Å². The highest BCUT2D eigenvalue weighted by Crippen LogP contribution is 2.19. The van der Waals surface area contributed by atoms with E-state index in [9.17, 15) is 4.39 Å². The van der Waals surface area contributed by atoms with Crippen LogP contribution in [-0.2, 0) is 13.2 Å². The van der Waals surface area contributed by atoms with Crippen LogP contribution < -0.4 is 10.1 Å². The molecule has 0 bridgehead atoms. The number of benzene rings is 1. The van der Waals surface area contributed by atoms with Crippen molar-refractivity contribution in [3.63, 3.8) is 0 Å². The van der Waals surface area contributed by atoms with Crippen molar-refractivity contribution in [3.8, 4) is 5.75 Å². The molecule has 0 atom stereocenters. The molecule has 1 aromatic heterocycles. The molecule has 0 aliphatic heterocycles. The minimum Gasteiger partial charge on any atom is -0.489 e. The first kappa shape index (κ1) is 14.5. The third kappa shape index (κ3) is 4.31. The van der Waals surface area contributed by atoms with E-state index in [2.05, 4.69) is 17.2 Å². The minimum absolute atomic E-state index is 0.315. The van der Waals surface area contributed by atoms with Crippen molar-refractivity contribution in [2.45, 2.75) is 26.5 Å². The summed E-state index contributed by atoms with van der Waals surface area (Å²) < 4.78 is 18.8. The standard InChI is InChI=1S/C16H19FN2O/c1-2-7-18-10-14-5-3-4-6-16(14)20-12-13-8-15(17)11-19-9-13/h3-6,8-9,11,18H,2,7,10,12H2,1H3. The van der Waals surface area contributed by atoms with Gasteiger partial charge in [-0.1, -0.05) is 25.1 Å². The van der Waals surface area contributed by atoms with Gasteiger partial charge in [0.25, 0.3) is 0 Å². The molecule has 1 aromatic carbocycles. The quantitative estimate of drug-likeness (QED) is 0.787. The lowest BCUT2D eigenvalue weighted by molar-refractivity contribution is 0.301. The van der Waals surface area contributed by atoms with Crippen molar-refractivity contribution in [1.82, 2.24) is 10.3 Å². The van der Waals surface area contributed by atoms with E-state index in [0.717, 1.165) is 36.4 Å². The predicted molar refractivity (Wildman–Crippen MR) is 77.0 cm³/mol. The van der Waals surface area contributed by atoms with E-state index in [0.29, 0.717) is 6.61 Å². The highest BCUT2D eigenvalue weighted by atomic mass is 19.1. The van der Waals surface area contributed by atoms with Gasteiger partial charge in [-0.15, -0.1) is 0 Å². The zero-order valence-corrected chi connectivity index (χ0v) is 11.6. The fourth-order valence-electron chi connectivity index (χ4n) is 1.89. The van der Waals surface area contributed by atoms with Crippen molar-refractivity contribution in [2.75, 3.05) is 6.54 Å². The molecule has 2 rings (SSSR count). The van der Waals surface area contributed by atoms with Gasteiger partial charge in [-0.2, -0.15) is 0 Å². The molecule has 1 heterocycles. The average molecular weight is 274 g/mol. The van der Waals surface area contributed by atoms with Crippen LogP contribution in [-0.4, -0.2) is 11.5 Å². The van der Waals surface area contributed by atoms with Gasteiger partial charge in [0.05, 0.1) is 6.20 Å². The maximum atomic E-state index is 13.0. The number of ether oxygens (including phenoxy) is 1. The summed E-state index contributed by atoms with van der Waals surface area (Å²) >= 11 is 0. The Balaban J connectivity index is 1.98. The number of aromatic nitrogens is 1. The van der Waals surface area contributed by atoms with Gasteiger partial charge >= 0.3 is 0 Å². The molecule has 0 saturated heterocycles. The van der Waals surface area contributed by atoms with Crippen LogP contribution in [0.3, 0.4) is 0 Å². The number of nitrogens with zero attached hydrogens (tertiary/aromatic N) is 1. The zero-order valence-electron chi connectivity index (χ0n) is 11.6. The molecule has 0 saturated carbocycles. The maximum Gasteiger partial charge on any atom is 0.141 e. The van der Waals surface area contributed by atoms with Crippen LogP contribution in [0.4, 0.5) is 4.39 Å². The number of nitrogens with one attached hydrogen (secondary N) is 1. The molecular weight excluding hydrogens is 255 g/mol. The largest absolute Gasteiger partial charge is 0.489 e. The summed E-state index contributed by atoms with van der Waals surface area (Å²) in [5, 5.41) is 3.35. The Kier molecular flexibility index (Phi) is 5.50. The molecule has 20 heavy (non-hydrogen) atoms. The van der Waals surface area contributed by atoms with Gasteiger partial charge in [-0.3, -0.25) is 4.98 Å². The molecule has 0 amide bonds. The second kappa shape index (κ2) is 7.60. The Bertz CT molecular complexity index is 546. The second-order valence-electron chi connectivity index (χ2n) is 4.58. The molecule has 0 aliphatic carbocycles. The number of hydrogen-bond donors (Lipinski definition) is 1. The zero-order chi connectivity index (χ0) is 14.2. The lowest BCUT2D eigenvalue weighted by Crippen LogP contribution is -2.14. The van der Waals surface area contributed by atoms with Crippen LogP contribution in [0.2, 0.25) is 0 Å². The van der Waals surface area contributed by atoms with E-state index in [1.165, 1.54) is 12.3 Å². The lowest BCUT2D eigenvalue weighted by atomic mass is 10.2. The highest BCUT2D eigenvalue weighted by molar-refractivity contribution is 5.33. The SMILES string of the molecule is CCCNCc1ccccc1OCc1cncc(F)c1. The Hall–Kier alpha value is -1.94. The molecule has 1 N–H and O–H groups in total. The van der Waals surface area contributed by atoms with Crippen LogP contribution in [0.5, 0.6) is 5.75 Å². The summed E-state index contributed by atoms with van der Waals surface area (Å²) in [5.41, 5.74) is 1.83. The molecule has 0 unspecified atom stereocenters. The Labute approximate surface area is 118 Å². The van der Waals surface area contributed by atoms with Crippen LogP contribution in [0.1, 0.15) is 24.5 Å². The van der Waals surface area contributed by atoms with Crippen LogP contribution in [0.15, 0.2) is 42.7 Å². The number of hydrogen-bond acceptors (Lipinski definition) is 3. The fourth-order valence-corrected chi connectivity index (χ4v) is 1.89.